The van der Waals surface area contributed by atoms with Crippen LogP contribution >= 0.6 is 0 Å². The fourth-order valence-electron chi connectivity index (χ4n) is 8.22. The molecule has 51 heavy (non-hydrogen) atoms. The molecule has 0 bridgehead atoms. The van der Waals surface area contributed by atoms with Gasteiger partial charge in [-0.15, -0.1) is 0 Å². The number of fused-ring (bicyclic) bond motifs is 10. The minimum absolute atomic E-state index is 0.887. The first-order chi connectivity index (χ1) is 25.3. The van der Waals surface area contributed by atoms with Gasteiger partial charge >= 0.3 is 0 Å². The molecule has 0 saturated carbocycles. The van der Waals surface area contributed by atoms with E-state index in [9.17, 15) is 0 Å². The minimum Gasteiger partial charge on any atom is -0.456 e. The lowest BCUT2D eigenvalue weighted by molar-refractivity contribution is 0.668. The van der Waals surface area contributed by atoms with E-state index < -0.39 is 0 Å². The van der Waals surface area contributed by atoms with Crippen LogP contribution in [0.5, 0.6) is 0 Å². The van der Waals surface area contributed by atoms with Crippen molar-refractivity contribution in [1.29, 1.82) is 0 Å². The standard InChI is InChI=1S/C48H30N2O/c1-2-12-31(13-3-1)32-14-10-15-33(28-32)34-16-11-17-35(29-34)49-43-21-7-4-18-37(43)41-26-27-42-38-19-5-8-22-44(38)50(48(42)47(41)49)36-24-25-40-39-20-6-9-23-45(39)51-46(40)30-36/h1-30H. The molecule has 3 aromatic heterocycles. The summed E-state index contributed by atoms with van der Waals surface area (Å²) >= 11 is 0. The molecular weight excluding hydrogens is 621 g/mol. The minimum atomic E-state index is 0.887. The van der Waals surface area contributed by atoms with Crippen LogP contribution in [-0.2, 0) is 0 Å². The van der Waals surface area contributed by atoms with Gasteiger partial charge in [0.1, 0.15) is 11.2 Å². The molecule has 0 radical (unpaired) electrons. The van der Waals surface area contributed by atoms with Crippen LogP contribution in [0.1, 0.15) is 0 Å². The summed E-state index contributed by atoms with van der Waals surface area (Å²) in [5.74, 6) is 0. The highest BCUT2D eigenvalue weighted by Gasteiger charge is 2.22. The molecule has 3 nitrogen and oxygen atoms in total. The normalized spacial score (nSPS) is 11.9. The number of nitrogens with zero attached hydrogens (tertiary/aromatic N) is 2. The largest absolute Gasteiger partial charge is 0.456 e. The fraction of sp³-hybridized carbons (Fsp3) is 0. The van der Waals surface area contributed by atoms with Gasteiger partial charge in [-0.05, 0) is 70.8 Å². The van der Waals surface area contributed by atoms with Gasteiger partial charge < -0.3 is 13.6 Å². The smallest absolute Gasteiger partial charge is 0.137 e. The van der Waals surface area contributed by atoms with Crippen molar-refractivity contribution in [2.75, 3.05) is 0 Å². The predicted octanol–water partition coefficient (Wildman–Crippen LogP) is 13.1. The van der Waals surface area contributed by atoms with Crippen LogP contribution in [0.3, 0.4) is 0 Å². The third-order valence-electron chi connectivity index (χ3n) is 10.5. The van der Waals surface area contributed by atoms with Gasteiger partial charge in [0.25, 0.3) is 0 Å². The summed E-state index contributed by atoms with van der Waals surface area (Å²) < 4.78 is 11.3. The second-order valence-electron chi connectivity index (χ2n) is 13.3. The van der Waals surface area contributed by atoms with Gasteiger partial charge in [-0.25, -0.2) is 0 Å². The highest BCUT2D eigenvalue weighted by Crippen LogP contribution is 2.43. The van der Waals surface area contributed by atoms with Crippen molar-refractivity contribution >= 4 is 65.6 Å². The monoisotopic (exact) mass is 650 g/mol. The zero-order valence-corrected chi connectivity index (χ0v) is 27.6. The van der Waals surface area contributed by atoms with Gasteiger partial charge in [-0.3, -0.25) is 0 Å². The Balaban J connectivity index is 1.21. The van der Waals surface area contributed by atoms with E-state index in [0.717, 1.165) is 33.3 Å². The molecule has 0 aliphatic heterocycles. The zero-order chi connectivity index (χ0) is 33.5. The Morgan fingerprint density at radius 3 is 1.49 bits per heavy atom. The third-order valence-corrected chi connectivity index (χ3v) is 10.5. The van der Waals surface area contributed by atoms with E-state index in [1.54, 1.807) is 0 Å². The molecule has 0 atom stereocenters. The van der Waals surface area contributed by atoms with E-state index in [1.165, 1.54) is 65.9 Å². The second-order valence-corrected chi connectivity index (χ2v) is 13.3. The van der Waals surface area contributed by atoms with Crippen LogP contribution in [0, 0.1) is 0 Å². The number of hydrogen-bond acceptors (Lipinski definition) is 1. The molecule has 0 spiro atoms. The van der Waals surface area contributed by atoms with Gasteiger partial charge in [-0.2, -0.15) is 0 Å². The molecule has 0 fully saturated rings. The maximum Gasteiger partial charge on any atom is 0.137 e. The summed E-state index contributed by atoms with van der Waals surface area (Å²) in [6, 6.07) is 65.5. The van der Waals surface area contributed by atoms with E-state index in [4.69, 9.17) is 4.42 Å². The second kappa shape index (κ2) is 10.8. The molecule has 11 rings (SSSR count). The average molecular weight is 651 g/mol. The number of aromatic nitrogens is 2. The lowest BCUT2D eigenvalue weighted by Gasteiger charge is -2.14. The predicted molar refractivity (Wildman–Crippen MR) is 213 cm³/mol. The van der Waals surface area contributed by atoms with Crippen LogP contribution < -0.4 is 0 Å². The van der Waals surface area contributed by atoms with E-state index >= 15 is 0 Å². The van der Waals surface area contributed by atoms with E-state index in [2.05, 4.69) is 179 Å². The molecular formula is C48H30N2O. The quantitative estimate of drug-likeness (QED) is 0.186. The molecule has 8 aromatic carbocycles. The first-order valence-corrected chi connectivity index (χ1v) is 17.4. The van der Waals surface area contributed by atoms with Gasteiger partial charge in [0, 0.05) is 44.1 Å². The van der Waals surface area contributed by atoms with Crippen LogP contribution in [0.25, 0.3) is 99.2 Å². The topological polar surface area (TPSA) is 23.0 Å². The maximum absolute atomic E-state index is 6.42. The first-order valence-electron chi connectivity index (χ1n) is 17.4. The van der Waals surface area contributed by atoms with Gasteiger partial charge in [0.05, 0.1) is 27.8 Å². The lowest BCUT2D eigenvalue weighted by atomic mass is 9.99. The molecule has 0 aliphatic carbocycles. The van der Waals surface area contributed by atoms with Crippen molar-refractivity contribution in [1.82, 2.24) is 9.13 Å². The summed E-state index contributed by atoms with van der Waals surface area (Å²) in [6.07, 6.45) is 0. The van der Waals surface area contributed by atoms with Gasteiger partial charge in [0.15, 0.2) is 0 Å². The maximum atomic E-state index is 6.42. The molecule has 238 valence electrons. The van der Waals surface area contributed by atoms with Crippen LogP contribution in [0.15, 0.2) is 186 Å². The van der Waals surface area contributed by atoms with E-state index in [0.29, 0.717) is 0 Å². The molecule has 11 aromatic rings. The van der Waals surface area contributed by atoms with Crippen molar-refractivity contribution in [2.45, 2.75) is 0 Å². The Morgan fingerprint density at radius 2 is 0.784 bits per heavy atom. The van der Waals surface area contributed by atoms with Crippen molar-refractivity contribution in [3.63, 3.8) is 0 Å². The Bertz CT molecular complexity index is 3140. The van der Waals surface area contributed by atoms with E-state index in [-0.39, 0.29) is 0 Å². The molecule has 0 saturated heterocycles. The van der Waals surface area contributed by atoms with Crippen molar-refractivity contribution in [3.8, 4) is 33.6 Å². The SMILES string of the molecule is c1ccc(-c2cccc(-c3cccc(-n4c5ccccc5c5ccc6c7ccccc7n(-c7ccc8c(c7)oc7ccccc78)c6c54)c3)c2)cc1. The fourth-order valence-corrected chi connectivity index (χ4v) is 8.22. The Hall–Kier alpha value is -6.84. The molecule has 0 amide bonds. The van der Waals surface area contributed by atoms with Crippen molar-refractivity contribution in [3.05, 3.63) is 182 Å². The lowest BCUT2D eigenvalue weighted by Crippen LogP contribution is -1.99. The van der Waals surface area contributed by atoms with Crippen molar-refractivity contribution < 1.29 is 4.42 Å². The highest BCUT2D eigenvalue weighted by atomic mass is 16.3. The van der Waals surface area contributed by atoms with E-state index in [1.807, 2.05) is 12.1 Å². The molecule has 0 unspecified atom stereocenters. The number of furan rings is 1. The van der Waals surface area contributed by atoms with Crippen molar-refractivity contribution in [2.24, 2.45) is 0 Å². The van der Waals surface area contributed by atoms with Crippen LogP contribution in [0.4, 0.5) is 0 Å². The molecule has 3 heteroatoms. The summed E-state index contributed by atoms with van der Waals surface area (Å²) in [6.45, 7) is 0. The van der Waals surface area contributed by atoms with Gasteiger partial charge in [-0.1, -0.05) is 127 Å². The number of para-hydroxylation sites is 3. The highest BCUT2D eigenvalue weighted by molar-refractivity contribution is 6.24. The summed E-state index contributed by atoms with van der Waals surface area (Å²) in [5, 5.41) is 7.17. The Kier molecular flexibility index (Phi) is 5.96. The summed E-state index contributed by atoms with van der Waals surface area (Å²) in [4.78, 5) is 0. The van der Waals surface area contributed by atoms with Crippen LogP contribution in [0.2, 0.25) is 0 Å². The zero-order valence-electron chi connectivity index (χ0n) is 27.6. The number of rotatable bonds is 4. The van der Waals surface area contributed by atoms with Crippen LogP contribution in [-0.4, -0.2) is 9.13 Å². The summed E-state index contributed by atoms with van der Waals surface area (Å²) in [5.41, 5.74) is 13.5. The summed E-state index contributed by atoms with van der Waals surface area (Å²) in [7, 11) is 0. The third kappa shape index (κ3) is 4.19. The Labute approximate surface area is 293 Å². The average Bonchev–Trinajstić information content (AvgIpc) is 3.86. The number of benzene rings is 8. The Morgan fingerprint density at radius 1 is 0.294 bits per heavy atom. The molecule has 0 N–H and O–H groups in total. The first kappa shape index (κ1) is 28.0. The molecule has 3 heterocycles. The van der Waals surface area contributed by atoms with Gasteiger partial charge in [0.2, 0.25) is 0 Å². The number of hydrogen-bond donors (Lipinski definition) is 0. The molecule has 0 aliphatic rings.